The molecule has 6 heteroatoms. The Morgan fingerprint density at radius 1 is 1.23 bits per heavy atom. The first-order chi connectivity index (χ1) is 12.3. The minimum Gasteiger partial charge on any atom is -0.353 e. The summed E-state index contributed by atoms with van der Waals surface area (Å²) in [6.07, 6.45) is 0.388. The molecule has 26 heavy (non-hydrogen) atoms. The van der Waals surface area contributed by atoms with Gasteiger partial charge in [0.1, 0.15) is 5.82 Å². The van der Waals surface area contributed by atoms with Crippen molar-refractivity contribution in [2.24, 2.45) is 5.92 Å². The van der Waals surface area contributed by atoms with Crippen molar-refractivity contribution < 1.29 is 14.0 Å². The van der Waals surface area contributed by atoms with Crippen LogP contribution in [0.4, 0.5) is 4.39 Å². The molecule has 5 nitrogen and oxygen atoms in total. The van der Waals surface area contributed by atoms with E-state index in [4.69, 9.17) is 0 Å². The molecule has 1 unspecified atom stereocenters. The molecule has 1 saturated heterocycles. The fraction of sp³-hybridized carbons (Fsp3) is 0.600. The number of carbonyl (C=O) groups excluding carboxylic acids is 2. The molecule has 0 aliphatic carbocycles. The second kappa shape index (κ2) is 9.12. The lowest BCUT2D eigenvalue weighted by atomic mass is 10.0. The molecule has 1 aliphatic heterocycles. The highest BCUT2D eigenvalue weighted by Gasteiger charge is 2.32. The van der Waals surface area contributed by atoms with Crippen molar-refractivity contribution >= 4 is 11.8 Å². The van der Waals surface area contributed by atoms with E-state index in [1.165, 1.54) is 12.1 Å². The molecule has 0 saturated carbocycles. The molecule has 0 aromatic heterocycles. The number of nitrogens with zero attached hydrogens (tertiary/aromatic N) is 2. The third-order valence-corrected chi connectivity index (χ3v) is 4.66. The van der Waals surface area contributed by atoms with Crippen LogP contribution in [0.25, 0.3) is 0 Å². The van der Waals surface area contributed by atoms with Gasteiger partial charge < -0.3 is 10.2 Å². The van der Waals surface area contributed by atoms with Crippen LogP contribution >= 0.6 is 0 Å². The SMILES string of the molecule is CC(C)NC(=O)CN1CCC(=O)N(Cc2ccc(F)cc2)C(C(C)C)C1. The summed E-state index contributed by atoms with van der Waals surface area (Å²) in [5.41, 5.74) is 0.913. The summed E-state index contributed by atoms with van der Waals surface area (Å²) in [5.74, 6) is 0.0496. The number of hydrogen-bond donors (Lipinski definition) is 1. The fourth-order valence-corrected chi connectivity index (χ4v) is 3.31. The van der Waals surface area contributed by atoms with Gasteiger partial charge in [-0.05, 0) is 37.5 Å². The van der Waals surface area contributed by atoms with Gasteiger partial charge in [-0.3, -0.25) is 14.5 Å². The zero-order chi connectivity index (χ0) is 19.3. The molecule has 2 rings (SSSR count). The van der Waals surface area contributed by atoms with Crippen molar-refractivity contribution in [3.05, 3.63) is 35.6 Å². The molecule has 1 heterocycles. The highest BCUT2D eigenvalue weighted by atomic mass is 19.1. The van der Waals surface area contributed by atoms with Crippen LogP contribution in [-0.2, 0) is 16.1 Å². The normalized spacial score (nSPS) is 19.1. The van der Waals surface area contributed by atoms with Crippen LogP contribution in [0.1, 0.15) is 39.7 Å². The van der Waals surface area contributed by atoms with Crippen molar-refractivity contribution in [3.8, 4) is 0 Å². The largest absolute Gasteiger partial charge is 0.353 e. The summed E-state index contributed by atoms with van der Waals surface area (Å²) in [7, 11) is 0. The molecule has 0 bridgehead atoms. The number of halogens is 1. The lowest BCUT2D eigenvalue weighted by Crippen LogP contribution is -2.48. The number of rotatable bonds is 6. The second-order valence-corrected chi connectivity index (χ2v) is 7.67. The first-order valence-electron chi connectivity index (χ1n) is 9.32. The van der Waals surface area contributed by atoms with Gasteiger partial charge in [0, 0.05) is 38.1 Å². The van der Waals surface area contributed by atoms with Gasteiger partial charge in [-0.25, -0.2) is 4.39 Å². The zero-order valence-electron chi connectivity index (χ0n) is 16.2. The Hall–Kier alpha value is -1.95. The summed E-state index contributed by atoms with van der Waals surface area (Å²) < 4.78 is 13.1. The number of hydrogen-bond acceptors (Lipinski definition) is 3. The Bertz CT molecular complexity index is 616. The Kier molecular flexibility index (Phi) is 7.14. The van der Waals surface area contributed by atoms with Gasteiger partial charge in [0.15, 0.2) is 0 Å². The number of amides is 2. The topological polar surface area (TPSA) is 52.7 Å². The van der Waals surface area contributed by atoms with Gasteiger partial charge >= 0.3 is 0 Å². The van der Waals surface area contributed by atoms with Crippen LogP contribution in [0.3, 0.4) is 0 Å². The fourth-order valence-electron chi connectivity index (χ4n) is 3.31. The quantitative estimate of drug-likeness (QED) is 0.844. The zero-order valence-corrected chi connectivity index (χ0v) is 16.2. The van der Waals surface area contributed by atoms with E-state index in [0.29, 0.717) is 32.6 Å². The maximum Gasteiger partial charge on any atom is 0.234 e. The third-order valence-electron chi connectivity index (χ3n) is 4.66. The lowest BCUT2D eigenvalue weighted by Gasteiger charge is -2.34. The molecule has 0 radical (unpaired) electrons. The Morgan fingerprint density at radius 2 is 1.88 bits per heavy atom. The first kappa shape index (κ1) is 20.4. The Balaban J connectivity index is 2.11. The smallest absolute Gasteiger partial charge is 0.234 e. The molecule has 2 amide bonds. The highest BCUT2D eigenvalue weighted by molar-refractivity contribution is 5.79. The Labute approximate surface area is 155 Å². The van der Waals surface area contributed by atoms with Crippen molar-refractivity contribution in [2.45, 2.75) is 52.7 Å². The van der Waals surface area contributed by atoms with Gasteiger partial charge in [0.05, 0.1) is 6.54 Å². The average Bonchev–Trinajstić information content (AvgIpc) is 2.69. The van der Waals surface area contributed by atoms with Gasteiger partial charge in [-0.15, -0.1) is 0 Å². The monoisotopic (exact) mass is 363 g/mol. The maximum atomic E-state index is 13.1. The van der Waals surface area contributed by atoms with Gasteiger partial charge in [-0.1, -0.05) is 26.0 Å². The van der Waals surface area contributed by atoms with Gasteiger partial charge in [0.25, 0.3) is 0 Å². The first-order valence-corrected chi connectivity index (χ1v) is 9.32. The van der Waals surface area contributed by atoms with Crippen LogP contribution in [0.15, 0.2) is 24.3 Å². The molecule has 1 aliphatic rings. The van der Waals surface area contributed by atoms with Crippen molar-refractivity contribution in [1.29, 1.82) is 0 Å². The van der Waals surface area contributed by atoms with E-state index < -0.39 is 0 Å². The van der Waals surface area contributed by atoms with E-state index in [1.807, 2.05) is 18.7 Å². The van der Waals surface area contributed by atoms with Crippen molar-refractivity contribution in [1.82, 2.24) is 15.1 Å². The van der Waals surface area contributed by atoms with Gasteiger partial charge in [0.2, 0.25) is 11.8 Å². The van der Waals surface area contributed by atoms with Crippen LogP contribution in [-0.4, -0.2) is 53.3 Å². The number of benzene rings is 1. The minimum absolute atomic E-state index is 0.0121. The van der Waals surface area contributed by atoms with Crippen molar-refractivity contribution in [3.63, 3.8) is 0 Å². The molecular weight excluding hydrogens is 333 g/mol. The van der Waals surface area contributed by atoms with E-state index in [9.17, 15) is 14.0 Å². The highest BCUT2D eigenvalue weighted by Crippen LogP contribution is 2.21. The van der Waals surface area contributed by atoms with Crippen LogP contribution in [0, 0.1) is 11.7 Å². The predicted molar refractivity (Wildman–Crippen MR) is 99.9 cm³/mol. The summed E-state index contributed by atoms with van der Waals surface area (Å²) >= 11 is 0. The summed E-state index contributed by atoms with van der Waals surface area (Å²) in [4.78, 5) is 28.8. The third kappa shape index (κ3) is 5.80. The second-order valence-electron chi connectivity index (χ2n) is 7.67. The standard InChI is InChI=1S/C20H30FN3O2/c1-14(2)18-12-23(13-19(25)22-15(3)4)10-9-20(26)24(18)11-16-5-7-17(21)8-6-16/h5-8,14-15,18H,9-13H2,1-4H3,(H,22,25). The Morgan fingerprint density at radius 3 is 2.46 bits per heavy atom. The summed E-state index contributed by atoms with van der Waals surface area (Å²) in [6, 6.07) is 6.40. The molecular formula is C20H30FN3O2. The van der Waals surface area contributed by atoms with E-state index >= 15 is 0 Å². The molecule has 1 fully saturated rings. The van der Waals surface area contributed by atoms with Gasteiger partial charge in [-0.2, -0.15) is 0 Å². The van der Waals surface area contributed by atoms with Crippen LogP contribution in [0.2, 0.25) is 0 Å². The van der Waals surface area contributed by atoms with Crippen LogP contribution < -0.4 is 5.32 Å². The van der Waals surface area contributed by atoms with Crippen LogP contribution in [0.5, 0.6) is 0 Å². The summed E-state index contributed by atoms with van der Waals surface area (Å²) in [5, 5.41) is 2.91. The molecule has 144 valence electrons. The molecule has 1 aromatic carbocycles. The van der Waals surface area contributed by atoms with E-state index in [2.05, 4.69) is 24.1 Å². The van der Waals surface area contributed by atoms with Crippen molar-refractivity contribution in [2.75, 3.05) is 19.6 Å². The minimum atomic E-state index is -0.279. The molecule has 0 spiro atoms. The molecule has 1 N–H and O–H groups in total. The van der Waals surface area contributed by atoms with E-state index in [1.54, 1.807) is 12.1 Å². The van der Waals surface area contributed by atoms with E-state index in [0.717, 1.165) is 5.56 Å². The average molecular weight is 363 g/mol. The lowest BCUT2D eigenvalue weighted by molar-refractivity contribution is -0.134. The number of nitrogens with one attached hydrogen (secondary N) is 1. The molecule has 1 aromatic rings. The molecule has 1 atom stereocenters. The van der Waals surface area contributed by atoms with E-state index in [-0.39, 0.29) is 35.6 Å². The summed E-state index contributed by atoms with van der Waals surface area (Å²) in [6.45, 7) is 10.1. The maximum absolute atomic E-state index is 13.1. The number of carbonyl (C=O) groups is 2. The predicted octanol–water partition coefficient (Wildman–Crippen LogP) is 2.41.